The zero-order chi connectivity index (χ0) is 22.2. The summed E-state index contributed by atoms with van der Waals surface area (Å²) >= 11 is 0. The highest BCUT2D eigenvalue weighted by Gasteiger charge is 2.38. The Hall–Kier alpha value is -2.41. The van der Waals surface area contributed by atoms with E-state index in [1.54, 1.807) is 4.90 Å². The van der Waals surface area contributed by atoms with Gasteiger partial charge < -0.3 is 15.1 Å². The lowest BCUT2D eigenvalue weighted by molar-refractivity contribution is -0.126. The molecule has 172 valence electrons. The fourth-order valence-corrected chi connectivity index (χ4v) is 5.43. The first-order valence-electron chi connectivity index (χ1n) is 12.3. The molecule has 3 amide bonds. The molecule has 0 bridgehead atoms. The Morgan fingerprint density at radius 3 is 2.72 bits per heavy atom. The predicted molar refractivity (Wildman–Crippen MR) is 124 cm³/mol. The van der Waals surface area contributed by atoms with Gasteiger partial charge in [0.2, 0.25) is 17.7 Å². The molecule has 0 unspecified atom stereocenters. The molecule has 3 fully saturated rings. The molecule has 0 spiro atoms. The van der Waals surface area contributed by atoms with Crippen molar-refractivity contribution in [3.05, 3.63) is 23.8 Å². The first kappa shape index (κ1) is 21.4. The van der Waals surface area contributed by atoms with E-state index in [0.717, 1.165) is 55.8 Å². The summed E-state index contributed by atoms with van der Waals surface area (Å²) in [5.41, 5.74) is 2.94. The smallest absolute Gasteiger partial charge is 0.230 e. The molecule has 1 aliphatic carbocycles. The van der Waals surface area contributed by atoms with Crippen LogP contribution in [0, 0.1) is 11.8 Å². The van der Waals surface area contributed by atoms with E-state index in [2.05, 4.69) is 17.1 Å². The Bertz CT molecular complexity index is 912. The van der Waals surface area contributed by atoms with Gasteiger partial charge >= 0.3 is 0 Å². The molecule has 7 heteroatoms. The van der Waals surface area contributed by atoms with Crippen LogP contribution in [0.3, 0.4) is 0 Å². The highest BCUT2D eigenvalue weighted by Crippen LogP contribution is 2.38. The molecular formula is C25H34N4O3. The van der Waals surface area contributed by atoms with Crippen molar-refractivity contribution in [3.8, 4) is 0 Å². The van der Waals surface area contributed by atoms with Crippen molar-refractivity contribution in [1.82, 2.24) is 10.2 Å². The van der Waals surface area contributed by atoms with Crippen LogP contribution in [0.15, 0.2) is 18.2 Å². The zero-order valence-electron chi connectivity index (χ0n) is 19.0. The van der Waals surface area contributed by atoms with Crippen LogP contribution in [0.5, 0.6) is 0 Å². The number of carbonyl (C=O) groups excluding carboxylic acids is 3. The number of anilines is 2. The van der Waals surface area contributed by atoms with Crippen molar-refractivity contribution >= 4 is 29.1 Å². The summed E-state index contributed by atoms with van der Waals surface area (Å²) in [6, 6.07) is 6.51. The van der Waals surface area contributed by atoms with Gasteiger partial charge in [0.25, 0.3) is 0 Å². The molecule has 2 saturated heterocycles. The zero-order valence-corrected chi connectivity index (χ0v) is 19.0. The Kier molecular flexibility index (Phi) is 5.93. The summed E-state index contributed by atoms with van der Waals surface area (Å²) in [5, 5.41) is 3.06. The molecule has 5 rings (SSSR count). The number of fused-ring (bicyclic) bond motifs is 1. The van der Waals surface area contributed by atoms with Crippen molar-refractivity contribution < 1.29 is 14.4 Å². The van der Waals surface area contributed by atoms with Crippen LogP contribution in [0.1, 0.15) is 51.0 Å². The molecule has 3 aliphatic heterocycles. The second-order valence-corrected chi connectivity index (χ2v) is 9.90. The van der Waals surface area contributed by atoms with E-state index in [0.29, 0.717) is 19.1 Å². The van der Waals surface area contributed by atoms with Crippen LogP contribution in [-0.4, -0.2) is 61.4 Å². The maximum absolute atomic E-state index is 12.7. The Morgan fingerprint density at radius 1 is 1.09 bits per heavy atom. The molecular weight excluding hydrogens is 404 g/mol. The highest BCUT2D eigenvalue weighted by atomic mass is 16.2. The van der Waals surface area contributed by atoms with E-state index < -0.39 is 0 Å². The summed E-state index contributed by atoms with van der Waals surface area (Å²) in [6.45, 7) is 6.02. The summed E-state index contributed by atoms with van der Waals surface area (Å²) in [5.74, 6) is 0.122. The molecule has 0 radical (unpaired) electrons. The maximum Gasteiger partial charge on any atom is 0.230 e. The van der Waals surface area contributed by atoms with Crippen molar-refractivity contribution in [2.45, 2.75) is 57.9 Å². The first-order valence-corrected chi connectivity index (χ1v) is 12.3. The number of nitrogens with zero attached hydrogens (tertiary/aromatic N) is 3. The van der Waals surface area contributed by atoms with Gasteiger partial charge in [-0.3, -0.25) is 19.3 Å². The van der Waals surface area contributed by atoms with Crippen LogP contribution < -0.4 is 15.1 Å². The van der Waals surface area contributed by atoms with Crippen molar-refractivity contribution in [3.63, 3.8) is 0 Å². The van der Waals surface area contributed by atoms with Crippen molar-refractivity contribution in [1.29, 1.82) is 0 Å². The normalized spacial score (nSPS) is 25.8. The molecule has 1 aromatic rings. The third kappa shape index (κ3) is 4.27. The van der Waals surface area contributed by atoms with Crippen LogP contribution in [0.25, 0.3) is 0 Å². The van der Waals surface area contributed by atoms with Gasteiger partial charge in [0.15, 0.2) is 0 Å². The Morgan fingerprint density at radius 2 is 1.94 bits per heavy atom. The van der Waals surface area contributed by atoms with E-state index >= 15 is 0 Å². The summed E-state index contributed by atoms with van der Waals surface area (Å²) in [7, 11) is 0. The fourth-order valence-electron chi connectivity index (χ4n) is 5.43. The SMILES string of the molecule is C[C@@H]1CCCCN1CCNC(=O)[C@@H]1CC(=O)N(c2ccc3c(c2)CCN3C(=O)C2CC2)C1. The van der Waals surface area contributed by atoms with Gasteiger partial charge in [0.1, 0.15) is 0 Å². The van der Waals surface area contributed by atoms with Gasteiger partial charge in [-0.05, 0) is 69.3 Å². The van der Waals surface area contributed by atoms with Gasteiger partial charge in [0, 0.05) is 55.9 Å². The minimum atomic E-state index is -0.303. The monoisotopic (exact) mass is 438 g/mol. The van der Waals surface area contributed by atoms with E-state index in [-0.39, 0.29) is 36.0 Å². The number of amides is 3. The fraction of sp³-hybridized carbons (Fsp3) is 0.640. The van der Waals surface area contributed by atoms with Gasteiger partial charge in [-0.25, -0.2) is 0 Å². The number of likely N-dealkylation sites (tertiary alicyclic amines) is 1. The molecule has 1 saturated carbocycles. The molecule has 4 aliphatic rings. The quantitative estimate of drug-likeness (QED) is 0.740. The maximum atomic E-state index is 12.7. The third-order valence-corrected chi connectivity index (χ3v) is 7.60. The topological polar surface area (TPSA) is 73.0 Å². The number of nitrogens with one attached hydrogen (secondary N) is 1. The average molecular weight is 439 g/mol. The summed E-state index contributed by atoms with van der Waals surface area (Å²) in [4.78, 5) is 44.0. The van der Waals surface area contributed by atoms with Crippen molar-refractivity contribution in [2.24, 2.45) is 11.8 Å². The summed E-state index contributed by atoms with van der Waals surface area (Å²) < 4.78 is 0. The van der Waals surface area contributed by atoms with Crippen LogP contribution in [0.4, 0.5) is 11.4 Å². The predicted octanol–water partition coefficient (Wildman–Crippen LogP) is 2.33. The number of hydrogen-bond acceptors (Lipinski definition) is 4. The lowest BCUT2D eigenvalue weighted by Crippen LogP contribution is -2.43. The molecule has 32 heavy (non-hydrogen) atoms. The largest absolute Gasteiger partial charge is 0.355 e. The summed E-state index contributed by atoms with van der Waals surface area (Å²) in [6.07, 6.45) is 6.85. The van der Waals surface area contributed by atoms with Crippen LogP contribution in [0.2, 0.25) is 0 Å². The molecule has 1 N–H and O–H groups in total. The van der Waals surface area contributed by atoms with Gasteiger partial charge in [-0.1, -0.05) is 6.42 Å². The Labute approximate surface area is 190 Å². The number of benzene rings is 1. The van der Waals surface area contributed by atoms with Crippen LogP contribution in [-0.2, 0) is 20.8 Å². The van der Waals surface area contributed by atoms with E-state index in [1.807, 2.05) is 23.1 Å². The average Bonchev–Trinajstić information content (AvgIpc) is 3.44. The molecule has 3 heterocycles. The van der Waals surface area contributed by atoms with Crippen molar-refractivity contribution in [2.75, 3.05) is 42.5 Å². The Balaban J connectivity index is 1.17. The van der Waals surface area contributed by atoms with Crippen LogP contribution >= 0.6 is 0 Å². The second kappa shape index (κ2) is 8.85. The number of hydrogen-bond donors (Lipinski definition) is 1. The molecule has 0 aromatic heterocycles. The number of rotatable bonds is 6. The molecule has 1 aromatic carbocycles. The van der Waals surface area contributed by atoms with E-state index in [9.17, 15) is 14.4 Å². The van der Waals surface area contributed by atoms with Gasteiger partial charge in [-0.15, -0.1) is 0 Å². The highest BCUT2D eigenvalue weighted by molar-refractivity contribution is 6.02. The third-order valence-electron chi connectivity index (χ3n) is 7.60. The lowest BCUT2D eigenvalue weighted by atomic mass is 10.0. The van der Waals surface area contributed by atoms with Gasteiger partial charge in [0.05, 0.1) is 5.92 Å². The number of carbonyl (C=O) groups is 3. The minimum Gasteiger partial charge on any atom is -0.355 e. The standard InChI is InChI=1S/C25H34N4O3/c1-17-4-2-3-11-27(17)13-10-26-24(31)20-15-23(30)29(16-20)21-7-8-22-19(14-21)9-12-28(22)25(32)18-5-6-18/h7-8,14,17-18,20H,2-6,9-13,15-16H2,1H3,(H,26,31)/t17-,20-/m1/s1. The van der Waals surface area contributed by atoms with E-state index in [1.165, 1.54) is 19.3 Å². The van der Waals surface area contributed by atoms with E-state index in [4.69, 9.17) is 0 Å². The molecule has 2 atom stereocenters. The minimum absolute atomic E-state index is 0.00124. The lowest BCUT2D eigenvalue weighted by Gasteiger charge is -2.33. The number of piperidine rings is 1. The molecule has 7 nitrogen and oxygen atoms in total. The first-order chi connectivity index (χ1) is 15.5. The second-order valence-electron chi connectivity index (χ2n) is 9.90. The van der Waals surface area contributed by atoms with Gasteiger partial charge in [-0.2, -0.15) is 0 Å².